The highest BCUT2D eigenvalue weighted by Gasteiger charge is 2.20. The number of nitrogens with one attached hydrogen (secondary N) is 1. The largest absolute Gasteiger partial charge is 0.497 e. The molecule has 0 spiro atoms. The predicted molar refractivity (Wildman–Crippen MR) is 129 cm³/mol. The van der Waals surface area contributed by atoms with E-state index in [1.807, 2.05) is 62.4 Å². The lowest BCUT2D eigenvalue weighted by Gasteiger charge is -2.13. The smallest absolute Gasteiger partial charge is 0.226 e. The van der Waals surface area contributed by atoms with E-state index in [1.54, 1.807) is 23.9 Å². The number of carbonyl (C=O) groups excluding carboxylic acids is 1. The summed E-state index contributed by atoms with van der Waals surface area (Å²) in [7, 11) is 1.62. The fraction of sp³-hybridized carbons (Fsp3) is 0.185. The molecule has 0 atom stereocenters. The zero-order valence-electron chi connectivity index (χ0n) is 19.3. The molecule has 0 bridgehead atoms. The van der Waals surface area contributed by atoms with E-state index >= 15 is 0 Å². The summed E-state index contributed by atoms with van der Waals surface area (Å²) >= 11 is 0. The van der Waals surface area contributed by atoms with Gasteiger partial charge in [0.1, 0.15) is 17.3 Å². The lowest BCUT2D eigenvalue weighted by molar-refractivity contribution is -0.116. The van der Waals surface area contributed by atoms with Gasteiger partial charge in [-0.25, -0.2) is 9.07 Å². The summed E-state index contributed by atoms with van der Waals surface area (Å²) in [5.74, 6) is 1.38. The molecule has 1 heterocycles. The second-order valence-electron chi connectivity index (χ2n) is 7.91. The van der Waals surface area contributed by atoms with Crippen molar-refractivity contribution in [3.8, 4) is 23.1 Å². The van der Waals surface area contributed by atoms with Crippen molar-refractivity contribution in [2.75, 3.05) is 12.4 Å². The van der Waals surface area contributed by atoms with Crippen LogP contribution in [-0.4, -0.2) is 22.8 Å². The van der Waals surface area contributed by atoms with E-state index in [-0.39, 0.29) is 12.3 Å². The molecule has 7 heteroatoms. The molecular weight excluding hydrogens is 433 g/mol. The molecule has 0 aliphatic carbocycles. The molecule has 1 N–H and O–H groups in total. The number of anilines is 1. The van der Waals surface area contributed by atoms with Gasteiger partial charge in [-0.15, -0.1) is 0 Å². The molecule has 3 aromatic carbocycles. The lowest BCUT2D eigenvalue weighted by Crippen LogP contribution is -2.12. The number of ether oxygens (including phenoxy) is 2. The average Bonchev–Trinajstić information content (AvgIpc) is 3.14. The van der Waals surface area contributed by atoms with Crippen LogP contribution < -0.4 is 14.8 Å². The number of amides is 1. The van der Waals surface area contributed by atoms with E-state index in [1.165, 1.54) is 12.1 Å². The second kappa shape index (κ2) is 10.2. The Hall–Kier alpha value is -4.13. The molecule has 0 aliphatic rings. The molecule has 0 fully saturated rings. The Bertz CT molecular complexity index is 1300. The summed E-state index contributed by atoms with van der Waals surface area (Å²) in [4.78, 5) is 12.6. The fourth-order valence-electron chi connectivity index (χ4n) is 3.63. The predicted octanol–water partition coefficient (Wildman–Crippen LogP) is 6.00. The van der Waals surface area contributed by atoms with Crippen LogP contribution in [0.15, 0.2) is 72.8 Å². The van der Waals surface area contributed by atoms with Gasteiger partial charge in [0.25, 0.3) is 0 Å². The highest BCUT2D eigenvalue weighted by Crippen LogP contribution is 2.33. The van der Waals surface area contributed by atoms with E-state index in [0.717, 1.165) is 28.3 Å². The van der Waals surface area contributed by atoms with Crippen LogP contribution in [0.5, 0.6) is 17.4 Å². The molecule has 4 aromatic rings. The van der Waals surface area contributed by atoms with Crippen molar-refractivity contribution in [1.82, 2.24) is 9.78 Å². The first-order valence-electron chi connectivity index (χ1n) is 11.0. The number of aryl methyl sites for hydroxylation is 2. The molecule has 0 unspecified atom stereocenters. The van der Waals surface area contributed by atoms with Crippen molar-refractivity contribution in [3.63, 3.8) is 0 Å². The number of hydrogen-bond donors (Lipinski definition) is 1. The number of methoxy groups -OCH3 is 1. The van der Waals surface area contributed by atoms with Crippen molar-refractivity contribution in [3.05, 3.63) is 95.4 Å². The van der Waals surface area contributed by atoms with Crippen LogP contribution in [0.25, 0.3) is 5.69 Å². The van der Waals surface area contributed by atoms with Crippen molar-refractivity contribution in [2.45, 2.75) is 26.7 Å². The topological polar surface area (TPSA) is 65.4 Å². The van der Waals surface area contributed by atoms with Crippen molar-refractivity contribution in [2.24, 2.45) is 0 Å². The molecule has 6 nitrogen and oxygen atoms in total. The first-order chi connectivity index (χ1) is 16.4. The van der Waals surface area contributed by atoms with Crippen LogP contribution in [-0.2, 0) is 11.2 Å². The Morgan fingerprint density at radius 2 is 1.79 bits per heavy atom. The van der Waals surface area contributed by atoms with Gasteiger partial charge in [-0.3, -0.25) is 4.79 Å². The van der Waals surface area contributed by atoms with E-state index < -0.39 is 5.82 Å². The maximum atomic E-state index is 13.4. The monoisotopic (exact) mass is 459 g/mol. The zero-order chi connectivity index (χ0) is 24.1. The molecule has 0 saturated carbocycles. The minimum absolute atomic E-state index is 0.190. The van der Waals surface area contributed by atoms with E-state index in [2.05, 4.69) is 5.32 Å². The average molecular weight is 460 g/mol. The summed E-state index contributed by atoms with van der Waals surface area (Å²) in [6, 6.07) is 21.1. The summed E-state index contributed by atoms with van der Waals surface area (Å²) in [6.07, 6.45) is 0.597. The van der Waals surface area contributed by atoms with Crippen LogP contribution in [0.4, 0.5) is 10.1 Å². The van der Waals surface area contributed by atoms with Gasteiger partial charge in [-0.1, -0.05) is 24.3 Å². The summed E-state index contributed by atoms with van der Waals surface area (Å²) in [5.41, 5.74) is 3.80. The number of halogens is 1. The highest BCUT2D eigenvalue weighted by molar-refractivity contribution is 5.90. The van der Waals surface area contributed by atoms with Crippen LogP contribution >= 0.6 is 0 Å². The number of hydrogen-bond acceptors (Lipinski definition) is 4. The van der Waals surface area contributed by atoms with Crippen molar-refractivity contribution < 1.29 is 18.7 Å². The SMILES string of the molecule is COc1ccc(-n2nc(C)c(CCC(=O)Nc3cccc(F)c3)c2Oc2ccccc2C)cc1. The Kier molecular flexibility index (Phi) is 6.92. The Balaban J connectivity index is 1.63. The minimum atomic E-state index is -0.400. The number of benzene rings is 3. The fourth-order valence-corrected chi connectivity index (χ4v) is 3.63. The van der Waals surface area contributed by atoms with Gasteiger partial charge in [0.2, 0.25) is 11.8 Å². The van der Waals surface area contributed by atoms with Crippen molar-refractivity contribution >= 4 is 11.6 Å². The third-order valence-corrected chi connectivity index (χ3v) is 5.46. The molecule has 0 aliphatic heterocycles. The molecule has 34 heavy (non-hydrogen) atoms. The van der Waals surface area contributed by atoms with Gasteiger partial charge in [0.15, 0.2) is 0 Å². The van der Waals surface area contributed by atoms with E-state index in [9.17, 15) is 9.18 Å². The second-order valence-corrected chi connectivity index (χ2v) is 7.91. The maximum Gasteiger partial charge on any atom is 0.226 e. The third-order valence-electron chi connectivity index (χ3n) is 5.46. The first-order valence-corrected chi connectivity index (χ1v) is 11.0. The van der Waals surface area contributed by atoms with Crippen molar-refractivity contribution in [1.29, 1.82) is 0 Å². The first kappa shape index (κ1) is 23.0. The zero-order valence-corrected chi connectivity index (χ0v) is 19.3. The van der Waals surface area contributed by atoms with Gasteiger partial charge < -0.3 is 14.8 Å². The summed E-state index contributed by atoms with van der Waals surface area (Å²) in [6.45, 7) is 3.87. The number of rotatable bonds is 8. The summed E-state index contributed by atoms with van der Waals surface area (Å²) < 4.78 is 26.8. The number of para-hydroxylation sites is 1. The Morgan fingerprint density at radius 1 is 1.03 bits per heavy atom. The van der Waals surface area contributed by atoms with E-state index in [0.29, 0.717) is 23.7 Å². The quantitative estimate of drug-likeness (QED) is 0.351. The maximum absolute atomic E-state index is 13.4. The third kappa shape index (κ3) is 5.26. The minimum Gasteiger partial charge on any atom is -0.497 e. The lowest BCUT2D eigenvalue weighted by atomic mass is 10.1. The van der Waals surface area contributed by atoms with Gasteiger partial charge in [-0.2, -0.15) is 5.10 Å². The van der Waals surface area contributed by atoms with Crippen LogP contribution in [0.3, 0.4) is 0 Å². The Labute approximate surface area is 198 Å². The molecule has 0 radical (unpaired) electrons. The molecular formula is C27H26FN3O3. The van der Waals surface area contributed by atoms with Gasteiger partial charge in [0, 0.05) is 17.7 Å². The Morgan fingerprint density at radius 3 is 2.50 bits per heavy atom. The van der Waals surface area contributed by atoms with Crippen LogP contribution in [0.1, 0.15) is 23.2 Å². The molecule has 4 rings (SSSR count). The number of nitrogens with zero attached hydrogens (tertiary/aromatic N) is 2. The number of aromatic nitrogens is 2. The molecule has 1 aromatic heterocycles. The van der Waals surface area contributed by atoms with Gasteiger partial charge >= 0.3 is 0 Å². The standard InChI is InChI=1S/C27H26FN3O3/c1-18-7-4-5-10-25(18)34-27-24(15-16-26(32)29-21-9-6-8-20(28)17-21)19(2)30-31(27)22-11-13-23(33-3)14-12-22/h4-14,17H,15-16H2,1-3H3,(H,29,32). The molecule has 0 saturated heterocycles. The number of carbonyl (C=O) groups is 1. The van der Waals surface area contributed by atoms with Crippen LogP contribution in [0.2, 0.25) is 0 Å². The molecule has 1 amide bonds. The molecule has 174 valence electrons. The summed E-state index contributed by atoms with van der Waals surface area (Å²) in [5, 5.41) is 7.45. The normalized spacial score (nSPS) is 10.7. The highest BCUT2D eigenvalue weighted by atomic mass is 19.1. The van der Waals surface area contributed by atoms with Crippen LogP contribution in [0, 0.1) is 19.7 Å². The van der Waals surface area contributed by atoms with Gasteiger partial charge in [0.05, 0.1) is 18.5 Å². The van der Waals surface area contributed by atoms with Gasteiger partial charge in [-0.05, 0) is 74.4 Å². The van der Waals surface area contributed by atoms with E-state index in [4.69, 9.17) is 14.6 Å².